The lowest BCUT2D eigenvalue weighted by Gasteiger charge is -2.29. The van der Waals surface area contributed by atoms with Crippen molar-refractivity contribution in [2.45, 2.75) is 25.7 Å². The van der Waals surface area contributed by atoms with Crippen molar-refractivity contribution in [2.24, 2.45) is 0 Å². The van der Waals surface area contributed by atoms with Gasteiger partial charge >= 0.3 is 0 Å². The van der Waals surface area contributed by atoms with Crippen molar-refractivity contribution in [3.63, 3.8) is 0 Å². The molecular formula is C31H35N. The van der Waals surface area contributed by atoms with Crippen LogP contribution in [0.5, 0.6) is 0 Å². The smallest absolute Gasteiger partial charge is 0.0199 e. The van der Waals surface area contributed by atoms with Crippen LogP contribution in [-0.2, 0) is 0 Å². The molecule has 4 aromatic rings. The highest BCUT2D eigenvalue weighted by atomic mass is 15.1. The fraction of sp³-hybridized carbons (Fsp3) is 0.226. The summed E-state index contributed by atoms with van der Waals surface area (Å²) < 4.78 is 0. The molecule has 0 radical (unpaired) electrons. The van der Waals surface area contributed by atoms with Crippen LogP contribution in [0.1, 0.15) is 47.9 Å². The van der Waals surface area contributed by atoms with Crippen molar-refractivity contribution in [3.8, 4) is 0 Å². The maximum absolute atomic E-state index is 2.25. The van der Waals surface area contributed by atoms with E-state index in [-0.39, 0.29) is 11.8 Å². The number of benzene rings is 4. The third-order valence-electron chi connectivity index (χ3n) is 6.05. The SMILES string of the molecule is CCN(C)CC.c1ccc(C(c2ccccc2)C(c2ccccc2)c2ccccc2)cc1. The van der Waals surface area contributed by atoms with Gasteiger partial charge in [0.2, 0.25) is 0 Å². The summed E-state index contributed by atoms with van der Waals surface area (Å²) in [6.07, 6.45) is 0. The first kappa shape index (κ1) is 23.5. The molecule has 0 N–H and O–H groups in total. The first-order chi connectivity index (χ1) is 15.7. The number of rotatable bonds is 7. The molecule has 1 nitrogen and oxygen atoms in total. The van der Waals surface area contributed by atoms with Gasteiger partial charge in [-0.3, -0.25) is 0 Å². The van der Waals surface area contributed by atoms with Gasteiger partial charge in [-0.2, -0.15) is 0 Å². The van der Waals surface area contributed by atoms with Gasteiger partial charge in [-0.15, -0.1) is 0 Å². The summed E-state index contributed by atoms with van der Waals surface area (Å²) in [6.45, 7) is 6.64. The Hall–Kier alpha value is -3.16. The fourth-order valence-electron chi connectivity index (χ4n) is 4.02. The molecule has 0 aliphatic heterocycles. The van der Waals surface area contributed by atoms with Crippen LogP contribution in [-0.4, -0.2) is 25.0 Å². The van der Waals surface area contributed by atoms with E-state index in [1.54, 1.807) is 0 Å². The molecule has 32 heavy (non-hydrogen) atoms. The lowest BCUT2D eigenvalue weighted by atomic mass is 9.74. The van der Waals surface area contributed by atoms with Gasteiger partial charge in [0.05, 0.1) is 0 Å². The van der Waals surface area contributed by atoms with Crippen molar-refractivity contribution in [2.75, 3.05) is 20.1 Å². The Morgan fingerprint density at radius 1 is 0.438 bits per heavy atom. The standard InChI is InChI=1S/C26H22.C5H13N/c1-5-13-21(14-6-1)25(22-15-7-2-8-16-22)26(23-17-9-3-10-18-23)24-19-11-4-12-20-24;1-4-6(3)5-2/h1-20,25-26H;4-5H2,1-3H3. The van der Waals surface area contributed by atoms with Crippen LogP contribution in [0.3, 0.4) is 0 Å². The normalized spacial score (nSPS) is 10.8. The summed E-state index contributed by atoms with van der Waals surface area (Å²) in [5.41, 5.74) is 5.38. The molecule has 0 aliphatic carbocycles. The van der Waals surface area contributed by atoms with Crippen LogP contribution in [0.15, 0.2) is 121 Å². The first-order valence-corrected chi connectivity index (χ1v) is 11.6. The molecule has 0 aromatic heterocycles. The van der Waals surface area contributed by atoms with Gasteiger partial charge in [-0.25, -0.2) is 0 Å². The number of nitrogens with zero attached hydrogens (tertiary/aromatic N) is 1. The van der Waals surface area contributed by atoms with Crippen molar-refractivity contribution >= 4 is 0 Å². The Morgan fingerprint density at radius 2 is 0.656 bits per heavy atom. The van der Waals surface area contributed by atoms with Gasteiger partial charge in [0.1, 0.15) is 0 Å². The highest BCUT2D eigenvalue weighted by molar-refractivity contribution is 5.44. The second-order valence-electron chi connectivity index (χ2n) is 8.09. The third-order valence-corrected chi connectivity index (χ3v) is 6.05. The highest BCUT2D eigenvalue weighted by Gasteiger charge is 2.27. The maximum Gasteiger partial charge on any atom is 0.0199 e. The van der Waals surface area contributed by atoms with Crippen molar-refractivity contribution in [1.29, 1.82) is 0 Å². The second-order valence-corrected chi connectivity index (χ2v) is 8.09. The summed E-state index contributed by atoms with van der Waals surface area (Å²) in [4.78, 5) is 2.25. The van der Waals surface area contributed by atoms with Crippen LogP contribution < -0.4 is 0 Å². The minimum Gasteiger partial charge on any atom is -0.307 e. The molecule has 0 unspecified atom stereocenters. The van der Waals surface area contributed by atoms with Crippen LogP contribution >= 0.6 is 0 Å². The van der Waals surface area contributed by atoms with Gasteiger partial charge in [0.25, 0.3) is 0 Å². The molecule has 0 atom stereocenters. The minimum atomic E-state index is 0.266. The average molecular weight is 422 g/mol. The van der Waals surface area contributed by atoms with Crippen LogP contribution in [0.4, 0.5) is 0 Å². The fourth-order valence-corrected chi connectivity index (χ4v) is 4.02. The van der Waals surface area contributed by atoms with Gasteiger partial charge < -0.3 is 4.90 Å². The molecule has 164 valence electrons. The van der Waals surface area contributed by atoms with E-state index in [0.717, 1.165) is 13.1 Å². The summed E-state index contributed by atoms with van der Waals surface area (Å²) in [5.74, 6) is 0.532. The zero-order valence-electron chi connectivity index (χ0n) is 19.6. The van der Waals surface area contributed by atoms with E-state index in [9.17, 15) is 0 Å². The molecule has 0 heterocycles. The van der Waals surface area contributed by atoms with E-state index in [0.29, 0.717) is 0 Å². The molecule has 0 aliphatic rings. The van der Waals surface area contributed by atoms with Gasteiger partial charge in [0.15, 0.2) is 0 Å². The molecule has 4 rings (SSSR count). The van der Waals surface area contributed by atoms with E-state index >= 15 is 0 Å². The van der Waals surface area contributed by atoms with Gasteiger partial charge in [-0.05, 0) is 42.4 Å². The predicted octanol–water partition coefficient (Wildman–Crippen LogP) is 7.61. The summed E-state index contributed by atoms with van der Waals surface area (Å²) in [7, 11) is 2.11. The van der Waals surface area contributed by atoms with Crippen molar-refractivity contribution in [3.05, 3.63) is 144 Å². The maximum atomic E-state index is 2.25. The molecule has 0 saturated heterocycles. The minimum absolute atomic E-state index is 0.266. The van der Waals surface area contributed by atoms with Gasteiger partial charge in [-0.1, -0.05) is 135 Å². The Kier molecular flexibility index (Phi) is 9.28. The zero-order valence-corrected chi connectivity index (χ0v) is 19.6. The van der Waals surface area contributed by atoms with Crippen LogP contribution in [0.2, 0.25) is 0 Å². The Bertz CT molecular complexity index is 833. The Morgan fingerprint density at radius 3 is 0.812 bits per heavy atom. The largest absolute Gasteiger partial charge is 0.307 e. The van der Waals surface area contributed by atoms with E-state index in [1.807, 2.05) is 0 Å². The lowest BCUT2D eigenvalue weighted by molar-refractivity contribution is 0.373. The molecule has 4 aromatic carbocycles. The summed E-state index contributed by atoms with van der Waals surface area (Å²) in [6, 6.07) is 43.4. The zero-order chi connectivity index (χ0) is 22.6. The van der Waals surface area contributed by atoms with E-state index in [1.165, 1.54) is 22.3 Å². The summed E-state index contributed by atoms with van der Waals surface area (Å²) >= 11 is 0. The monoisotopic (exact) mass is 421 g/mol. The molecule has 0 spiro atoms. The van der Waals surface area contributed by atoms with Crippen molar-refractivity contribution < 1.29 is 0 Å². The number of hydrogen-bond acceptors (Lipinski definition) is 1. The van der Waals surface area contributed by atoms with E-state index in [2.05, 4.69) is 147 Å². The number of hydrogen-bond donors (Lipinski definition) is 0. The first-order valence-electron chi connectivity index (χ1n) is 11.6. The topological polar surface area (TPSA) is 3.24 Å². The van der Waals surface area contributed by atoms with E-state index < -0.39 is 0 Å². The molecule has 0 fully saturated rings. The second kappa shape index (κ2) is 12.6. The molecular weight excluding hydrogens is 386 g/mol. The predicted molar refractivity (Wildman–Crippen MR) is 138 cm³/mol. The Balaban J connectivity index is 0.000000427. The summed E-state index contributed by atoms with van der Waals surface area (Å²) in [5, 5.41) is 0. The van der Waals surface area contributed by atoms with Crippen LogP contribution in [0, 0.1) is 0 Å². The lowest BCUT2D eigenvalue weighted by Crippen LogP contribution is -2.15. The van der Waals surface area contributed by atoms with Crippen LogP contribution in [0.25, 0.3) is 0 Å². The molecule has 1 heteroatoms. The molecule has 0 bridgehead atoms. The average Bonchev–Trinajstić information content (AvgIpc) is 2.89. The third kappa shape index (κ3) is 6.42. The Labute approximate surface area is 194 Å². The molecule has 0 saturated carbocycles. The quantitative estimate of drug-likeness (QED) is 0.297. The highest BCUT2D eigenvalue weighted by Crippen LogP contribution is 2.42. The van der Waals surface area contributed by atoms with E-state index in [4.69, 9.17) is 0 Å². The van der Waals surface area contributed by atoms with Crippen molar-refractivity contribution in [1.82, 2.24) is 4.90 Å². The molecule has 0 amide bonds. The van der Waals surface area contributed by atoms with Gasteiger partial charge in [0, 0.05) is 11.8 Å².